The van der Waals surface area contributed by atoms with E-state index in [-0.39, 0.29) is 5.91 Å². The number of benzene rings is 2. The topological polar surface area (TPSA) is 81.4 Å². The van der Waals surface area contributed by atoms with Gasteiger partial charge in [-0.3, -0.25) is 9.48 Å². The Bertz CT molecular complexity index is 1290. The highest BCUT2D eigenvalue weighted by Crippen LogP contribution is 2.26. The number of aromatic nitrogens is 3. The van der Waals surface area contributed by atoms with Crippen molar-refractivity contribution < 1.29 is 9.53 Å². The maximum atomic E-state index is 13.0. The molecule has 0 saturated heterocycles. The second-order valence-electron chi connectivity index (χ2n) is 7.81. The lowest BCUT2D eigenvalue weighted by atomic mass is 10.0. The molecule has 7 nitrogen and oxygen atoms in total. The van der Waals surface area contributed by atoms with Crippen molar-refractivity contribution in [1.29, 1.82) is 0 Å². The number of unbranched alkanes of at least 4 members (excludes halogenated alkanes) is 1. The Morgan fingerprint density at radius 1 is 1.18 bits per heavy atom. The van der Waals surface area contributed by atoms with Crippen LogP contribution in [0.1, 0.15) is 41.4 Å². The first-order valence-electron chi connectivity index (χ1n) is 11.0. The number of nitrogens with one attached hydrogen (secondary N) is 1. The Morgan fingerprint density at radius 3 is 2.70 bits per heavy atom. The molecule has 1 amide bonds. The highest BCUT2D eigenvalue weighted by Gasteiger charge is 2.14. The van der Waals surface area contributed by atoms with E-state index < -0.39 is 0 Å². The van der Waals surface area contributed by atoms with E-state index >= 15 is 0 Å². The number of carbonyl (C=O) groups is 1. The Kier molecular flexibility index (Phi) is 6.78. The van der Waals surface area contributed by atoms with E-state index in [0.717, 1.165) is 46.3 Å². The number of ether oxygens (including phenoxy) is 1. The lowest BCUT2D eigenvalue weighted by Gasteiger charge is -2.10. The molecule has 4 aromatic rings. The van der Waals surface area contributed by atoms with Gasteiger partial charge in [0.25, 0.3) is 5.91 Å². The zero-order valence-corrected chi connectivity index (χ0v) is 19.1. The zero-order valence-electron chi connectivity index (χ0n) is 19.1. The van der Waals surface area contributed by atoms with Gasteiger partial charge >= 0.3 is 0 Å². The van der Waals surface area contributed by atoms with Crippen LogP contribution >= 0.6 is 0 Å². The molecule has 1 N–H and O–H groups in total. The number of hydrogen-bond donors (Lipinski definition) is 1. The van der Waals surface area contributed by atoms with E-state index in [4.69, 9.17) is 9.72 Å². The molecular formula is C26H27N5O2. The fourth-order valence-electron chi connectivity index (χ4n) is 3.43. The van der Waals surface area contributed by atoms with E-state index in [1.54, 1.807) is 23.2 Å². The maximum absolute atomic E-state index is 13.0. The summed E-state index contributed by atoms with van der Waals surface area (Å²) >= 11 is 0. The minimum absolute atomic E-state index is 0.299. The van der Waals surface area contributed by atoms with Crippen LogP contribution in [0.5, 0.6) is 5.75 Å². The van der Waals surface area contributed by atoms with E-state index in [2.05, 4.69) is 22.5 Å². The number of hydrogen-bond acceptors (Lipinski definition) is 5. The van der Waals surface area contributed by atoms with Crippen molar-refractivity contribution in [2.75, 3.05) is 6.61 Å². The first-order valence-corrected chi connectivity index (χ1v) is 11.0. The summed E-state index contributed by atoms with van der Waals surface area (Å²) < 4.78 is 7.51. The van der Waals surface area contributed by atoms with Crippen molar-refractivity contribution in [1.82, 2.24) is 20.2 Å². The third kappa shape index (κ3) is 5.09. The summed E-state index contributed by atoms with van der Waals surface area (Å²) in [6, 6.07) is 17.2. The molecule has 2 heterocycles. The number of pyridine rings is 1. The van der Waals surface area contributed by atoms with Crippen LogP contribution in [-0.4, -0.2) is 33.5 Å². The molecule has 0 saturated carbocycles. The lowest BCUT2D eigenvalue weighted by Crippen LogP contribution is -2.18. The van der Waals surface area contributed by atoms with Crippen LogP contribution in [0.3, 0.4) is 0 Å². The third-order valence-corrected chi connectivity index (χ3v) is 5.52. The van der Waals surface area contributed by atoms with Crippen LogP contribution in [0, 0.1) is 6.92 Å². The first-order chi connectivity index (χ1) is 16.1. The molecule has 0 atom stereocenters. The van der Waals surface area contributed by atoms with Gasteiger partial charge in [-0.25, -0.2) is 10.4 Å². The molecule has 0 aliphatic rings. The fraction of sp³-hybridized carbons (Fsp3) is 0.231. The van der Waals surface area contributed by atoms with Crippen LogP contribution in [0.2, 0.25) is 0 Å². The van der Waals surface area contributed by atoms with Crippen LogP contribution in [-0.2, 0) is 7.05 Å². The zero-order chi connectivity index (χ0) is 23.2. The van der Waals surface area contributed by atoms with Crippen molar-refractivity contribution in [3.8, 4) is 17.0 Å². The van der Waals surface area contributed by atoms with Gasteiger partial charge in [-0.05, 0) is 49.7 Å². The molecular weight excluding hydrogens is 414 g/mol. The molecule has 0 aliphatic carbocycles. The average molecular weight is 442 g/mol. The van der Waals surface area contributed by atoms with Gasteiger partial charge in [-0.1, -0.05) is 31.5 Å². The van der Waals surface area contributed by atoms with Crippen molar-refractivity contribution in [2.45, 2.75) is 26.7 Å². The predicted molar refractivity (Wildman–Crippen MR) is 131 cm³/mol. The number of fused-ring (bicyclic) bond motifs is 1. The number of aryl methyl sites for hydroxylation is 1. The largest absolute Gasteiger partial charge is 0.494 e. The third-order valence-electron chi connectivity index (χ3n) is 5.52. The molecule has 0 spiro atoms. The quantitative estimate of drug-likeness (QED) is 0.240. The van der Waals surface area contributed by atoms with Crippen molar-refractivity contribution in [3.05, 3.63) is 77.6 Å². The highest BCUT2D eigenvalue weighted by atomic mass is 16.5. The van der Waals surface area contributed by atoms with Gasteiger partial charge in [0.15, 0.2) is 0 Å². The second-order valence-corrected chi connectivity index (χ2v) is 7.81. The Hall–Kier alpha value is -4.00. The fourth-order valence-corrected chi connectivity index (χ4v) is 3.43. The van der Waals surface area contributed by atoms with Gasteiger partial charge < -0.3 is 4.74 Å². The number of carbonyl (C=O) groups excluding carboxylic acids is 1. The monoisotopic (exact) mass is 441 g/mol. The van der Waals surface area contributed by atoms with Gasteiger partial charge in [-0.2, -0.15) is 10.2 Å². The number of amides is 1. The van der Waals surface area contributed by atoms with E-state index in [1.165, 1.54) is 0 Å². The summed E-state index contributed by atoms with van der Waals surface area (Å²) in [5.74, 6) is 0.526. The summed E-state index contributed by atoms with van der Waals surface area (Å²) in [6.07, 6.45) is 5.42. The SMILES string of the molecule is CCCCOc1ccc(-c2cc(C(=O)N/N=C/c3cnn(C)c3C)c3ccccc3n2)cc1. The predicted octanol–water partition coefficient (Wildman–Crippen LogP) is 4.89. The highest BCUT2D eigenvalue weighted by molar-refractivity contribution is 6.07. The van der Waals surface area contributed by atoms with Crippen LogP contribution in [0.4, 0.5) is 0 Å². The minimum atomic E-state index is -0.299. The molecule has 0 fully saturated rings. The van der Waals surface area contributed by atoms with Crippen molar-refractivity contribution in [2.24, 2.45) is 12.1 Å². The Morgan fingerprint density at radius 2 is 1.97 bits per heavy atom. The molecule has 0 radical (unpaired) electrons. The molecule has 4 rings (SSSR count). The molecule has 2 aromatic carbocycles. The Labute approximate surface area is 193 Å². The van der Waals surface area contributed by atoms with E-state index in [9.17, 15) is 4.79 Å². The molecule has 0 unspecified atom stereocenters. The smallest absolute Gasteiger partial charge is 0.272 e. The van der Waals surface area contributed by atoms with Gasteiger partial charge in [0, 0.05) is 29.3 Å². The summed E-state index contributed by atoms with van der Waals surface area (Å²) in [6.45, 7) is 4.78. The first kappa shape index (κ1) is 22.2. The number of rotatable bonds is 8. The summed E-state index contributed by atoms with van der Waals surface area (Å²) in [5.41, 5.74) is 7.33. The minimum Gasteiger partial charge on any atom is -0.494 e. The van der Waals surface area contributed by atoms with Crippen LogP contribution < -0.4 is 10.2 Å². The summed E-state index contributed by atoms with van der Waals surface area (Å²) in [7, 11) is 1.86. The molecule has 7 heteroatoms. The van der Waals surface area contributed by atoms with Gasteiger partial charge in [0.05, 0.1) is 35.8 Å². The summed E-state index contributed by atoms with van der Waals surface area (Å²) in [5, 5.41) is 9.08. The van der Waals surface area contributed by atoms with E-state index in [1.807, 2.05) is 62.5 Å². The summed E-state index contributed by atoms with van der Waals surface area (Å²) in [4.78, 5) is 17.8. The van der Waals surface area contributed by atoms with Crippen LogP contribution in [0.15, 0.2) is 65.9 Å². The standard InChI is InChI=1S/C26H27N5O2/c1-4-5-14-33-21-12-10-19(11-13-21)25-15-23(22-8-6-7-9-24(22)29-25)26(32)30-27-16-20-17-28-31(3)18(20)2/h6-13,15-17H,4-5,14H2,1-3H3,(H,30,32)/b27-16+. The molecule has 0 aliphatic heterocycles. The van der Waals surface area contributed by atoms with Gasteiger partial charge in [0.2, 0.25) is 0 Å². The average Bonchev–Trinajstić information content (AvgIpc) is 3.16. The van der Waals surface area contributed by atoms with E-state index in [0.29, 0.717) is 17.9 Å². The molecule has 168 valence electrons. The van der Waals surface area contributed by atoms with Gasteiger partial charge in [0.1, 0.15) is 5.75 Å². The number of para-hydroxylation sites is 1. The van der Waals surface area contributed by atoms with Crippen molar-refractivity contribution >= 4 is 23.0 Å². The lowest BCUT2D eigenvalue weighted by molar-refractivity contribution is 0.0956. The van der Waals surface area contributed by atoms with Crippen LogP contribution in [0.25, 0.3) is 22.2 Å². The number of nitrogens with zero attached hydrogens (tertiary/aromatic N) is 4. The Balaban J connectivity index is 1.60. The maximum Gasteiger partial charge on any atom is 0.272 e. The van der Waals surface area contributed by atoms with Gasteiger partial charge in [-0.15, -0.1) is 0 Å². The normalized spacial score (nSPS) is 11.2. The molecule has 2 aromatic heterocycles. The number of hydrazone groups is 1. The van der Waals surface area contributed by atoms with Crippen molar-refractivity contribution in [3.63, 3.8) is 0 Å². The second kappa shape index (κ2) is 10.1. The molecule has 0 bridgehead atoms. The molecule has 33 heavy (non-hydrogen) atoms.